The van der Waals surface area contributed by atoms with Crippen LogP contribution in [0.3, 0.4) is 0 Å². The van der Waals surface area contributed by atoms with Gasteiger partial charge in [-0.2, -0.15) is 0 Å². The van der Waals surface area contributed by atoms with E-state index >= 15 is 0 Å². The van der Waals surface area contributed by atoms with E-state index < -0.39 is 0 Å². The van der Waals surface area contributed by atoms with Crippen LogP contribution in [0, 0.1) is 11.8 Å². The molecule has 0 aromatic heterocycles. The summed E-state index contributed by atoms with van der Waals surface area (Å²) in [6.07, 6.45) is 1.84. The lowest BCUT2D eigenvalue weighted by atomic mass is 9.94. The highest BCUT2D eigenvalue weighted by molar-refractivity contribution is 5.90. The highest BCUT2D eigenvalue weighted by atomic mass is 16.5. The van der Waals surface area contributed by atoms with Crippen molar-refractivity contribution in [2.24, 2.45) is 16.8 Å². The highest BCUT2D eigenvalue weighted by Crippen LogP contribution is 2.25. The van der Waals surface area contributed by atoms with Gasteiger partial charge < -0.3 is 25.8 Å². The number of benzene rings is 1. The SMILES string of the molecule is CCNC(=NCc1ccc(OC)c(NC(C)=O)c1)NCC(CCO)CC(C)C. The third kappa shape index (κ3) is 9.08. The molecule has 0 heterocycles. The van der Waals surface area contributed by atoms with E-state index in [1.54, 1.807) is 7.11 Å². The second-order valence-electron chi connectivity index (χ2n) is 7.30. The van der Waals surface area contributed by atoms with Crippen molar-refractivity contribution >= 4 is 17.6 Å². The Morgan fingerprint density at radius 1 is 1.29 bits per heavy atom. The second kappa shape index (κ2) is 13.0. The molecule has 0 saturated heterocycles. The lowest BCUT2D eigenvalue weighted by Gasteiger charge is -2.20. The topological polar surface area (TPSA) is 95.0 Å². The molecule has 1 rings (SSSR count). The number of ether oxygens (including phenoxy) is 1. The minimum atomic E-state index is -0.144. The lowest BCUT2D eigenvalue weighted by molar-refractivity contribution is -0.114. The molecule has 7 nitrogen and oxygen atoms in total. The number of guanidine groups is 1. The fourth-order valence-corrected chi connectivity index (χ4v) is 3.05. The molecule has 1 atom stereocenters. The zero-order chi connectivity index (χ0) is 20.9. The number of aliphatic hydroxyl groups is 1. The summed E-state index contributed by atoms with van der Waals surface area (Å²) in [4.78, 5) is 16.0. The minimum absolute atomic E-state index is 0.144. The van der Waals surface area contributed by atoms with Crippen LogP contribution in [0.2, 0.25) is 0 Å². The van der Waals surface area contributed by atoms with Gasteiger partial charge in [-0.15, -0.1) is 0 Å². The van der Waals surface area contributed by atoms with Crippen LogP contribution in [-0.4, -0.2) is 43.8 Å². The Balaban J connectivity index is 2.81. The van der Waals surface area contributed by atoms with Crippen LogP contribution in [0.4, 0.5) is 5.69 Å². The average Bonchev–Trinajstić information content (AvgIpc) is 2.63. The molecule has 0 bridgehead atoms. The smallest absolute Gasteiger partial charge is 0.221 e. The first-order valence-corrected chi connectivity index (χ1v) is 9.97. The summed E-state index contributed by atoms with van der Waals surface area (Å²) in [6, 6.07) is 5.64. The van der Waals surface area contributed by atoms with Crippen molar-refractivity contribution in [2.75, 3.05) is 32.1 Å². The number of nitrogens with one attached hydrogen (secondary N) is 3. The van der Waals surface area contributed by atoms with Gasteiger partial charge in [0.2, 0.25) is 5.91 Å². The predicted octanol–water partition coefficient (Wildman–Crippen LogP) is 2.75. The third-order valence-electron chi connectivity index (χ3n) is 4.24. The number of carbonyl (C=O) groups is 1. The summed E-state index contributed by atoms with van der Waals surface area (Å²) >= 11 is 0. The van der Waals surface area contributed by atoms with E-state index in [0.29, 0.717) is 29.8 Å². The van der Waals surface area contributed by atoms with Gasteiger partial charge in [0.1, 0.15) is 5.75 Å². The molecule has 0 fully saturated rings. The monoisotopic (exact) mass is 392 g/mol. The maximum atomic E-state index is 11.4. The van der Waals surface area contributed by atoms with Crippen LogP contribution in [0.15, 0.2) is 23.2 Å². The van der Waals surface area contributed by atoms with Crippen LogP contribution in [0.1, 0.15) is 46.1 Å². The number of rotatable bonds is 11. The molecule has 7 heteroatoms. The standard InChI is InChI=1S/C21H36N4O3/c1-6-22-21(24-14-18(9-10-26)11-15(2)3)23-13-17-7-8-20(28-5)19(12-17)25-16(4)27/h7-8,12,15,18,26H,6,9-11,13-14H2,1-5H3,(H,25,27)(H2,22,23,24). The molecule has 28 heavy (non-hydrogen) atoms. The quantitative estimate of drug-likeness (QED) is 0.343. The van der Waals surface area contributed by atoms with Gasteiger partial charge in [-0.3, -0.25) is 4.79 Å². The van der Waals surface area contributed by atoms with Crippen molar-refractivity contribution in [1.29, 1.82) is 0 Å². The number of methoxy groups -OCH3 is 1. The molecule has 158 valence electrons. The van der Waals surface area contributed by atoms with Crippen LogP contribution in [0.25, 0.3) is 0 Å². The molecule has 0 radical (unpaired) electrons. The van der Waals surface area contributed by atoms with Crippen LogP contribution in [-0.2, 0) is 11.3 Å². The Hall–Kier alpha value is -2.28. The Labute approximate surface area is 169 Å². The number of aliphatic hydroxyl groups excluding tert-OH is 1. The van der Waals surface area contributed by atoms with Gasteiger partial charge in [-0.05, 0) is 49.3 Å². The fourth-order valence-electron chi connectivity index (χ4n) is 3.05. The van der Waals surface area contributed by atoms with E-state index in [1.807, 2.05) is 25.1 Å². The molecule has 0 aliphatic carbocycles. The van der Waals surface area contributed by atoms with E-state index in [-0.39, 0.29) is 12.5 Å². The van der Waals surface area contributed by atoms with Gasteiger partial charge in [-0.1, -0.05) is 19.9 Å². The molecular formula is C21H36N4O3. The molecule has 4 N–H and O–H groups in total. The number of aliphatic imine (C=N–C) groups is 1. The molecule has 1 aromatic rings. The van der Waals surface area contributed by atoms with Crippen molar-refractivity contribution in [1.82, 2.24) is 10.6 Å². The third-order valence-corrected chi connectivity index (χ3v) is 4.24. The van der Waals surface area contributed by atoms with E-state index in [4.69, 9.17) is 4.74 Å². The molecule has 1 amide bonds. The normalized spacial score (nSPS) is 12.6. The first-order valence-electron chi connectivity index (χ1n) is 9.97. The highest BCUT2D eigenvalue weighted by Gasteiger charge is 2.12. The van der Waals surface area contributed by atoms with Crippen LogP contribution in [0.5, 0.6) is 5.75 Å². The number of amides is 1. The maximum absolute atomic E-state index is 11.4. The average molecular weight is 393 g/mol. The zero-order valence-corrected chi connectivity index (χ0v) is 17.8. The second-order valence-corrected chi connectivity index (χ2v) is 7.30. The summed E-state index contributed by atoms with van der Waals surface area (Å²) in [7, 11) is 1.58. The van der Waals surface area contributed by atoms with Crippen molar-refractivity contribution in [3.8, 4) is 5.75 Å². The Morgan fingerprint density at radius 2 is 2.04 bits per heavy atom. The fraction of sp³-hybridized carbons (Fsp3) is 0.619. The van der Waals surface area contributed by atoms with Crippen molar-refractivity contribution in [2.45, 2.75) is 47.1 Å². The molecule has 1 aromatic carbocycles. The van der Waals surface area contributed by atoms with Crippen molar-refractivity contribution < 1.29 is 14.6 Å². The number of hydrogen-bond donors (Lipinski definition) is 4. The van der Waals surface area contributed by atoms with Gasteiger partial charge in [-0.25, -0.2) is 4.99 Å². The summed E-state index contributed by atoms with van der Waals surface area (Å²) < 4.78 is 5.29. The molecule has 0 spiro atoms. The summed E-state index contributed by atoms with van der Waals surface area (Å²) in [6.45, 7) is 10.1. The van der Waals surface area contributed by atoms with Gasteiger partial charge in [0.15, 0.2) is 5.96 Å². The predicted molar refractivity (Wildman–Crippen MR) is 115 cm³/mol. The lowest BCUT2D eigenvalue weighted by Crippen LogP contribution is -2.40. The van der Waals surface area contributed by atoms with Crippen molar-refractivity contribution in [3.63, 3.8) is 0 Å². The summed E-state index contributed by atoms with van der Waals surface area (Å²) in [5.74, 6) is 2.21. The number of hydrogen-bond acceptors (Lipinski definition) is 4. The minimum Gasteiger partial charge on any atom is -0.495 e. The number of carbonyl (C=O) groups excluding carboxylic acids is 1. The first-order chi connectivity index (χ1) is 13.4. The summed E-state index contributed by atoms with van der Waals surface area (Å²) in [5.41, 5.74) is 1.61. The number of anilines is 1. The van der Waals surface area contributed by atoms with E-state index in [0.717, 1.165) is 37.5 Å². The van der Waals surface area contributed by atoms with E-state index in [2.05, 4.69) is 34.8 Å². The zero-order valence-electron chi connectivity index (χ0n) is 17.8. The maximum Gasteiger partial charge on any atom is 0.221 e. The first kappa shape index (κ1) is 23.8. The van der Waals surface area contributed by atoms with Crippen LogP contribution >= 0.6 is 0 Å². The Bertz CT molecular complexity index is 632. The molecule has 1 unspecified atom stereocenters. The largest absolute Gasteiger partial charge is 0.495 e. The van der Waals surface area contributed by atoms with Crippen LogP contribution < -0.4 is 20.7 Å². The molecule has 0 aliphatic heterocycles. The molecule has 0 aliphatic rings. The van der Waals surface area contributed by atoms with E-state index in [9.17, 15) is 9.90 Å². The van der Waals surface area contributed by atoms with Gasteiger partial charge >= 0.3 is 0 Å². The summed E-state index contributed by atoms with van der Waals surface area (Å²) in [5, 5.41) is 18.7. The van der Waals surface area contributed by atoms with Crippen molar-refractivity contribution in [3.05, 3.63) is 23.8 Å². The molecular weight excluding hydrogens is 356 g/mol. The van der Waals surface area contributed by atoms with Gasteiger partial charge in [0, 0.05) is 26.6 Å². The Kier molecular flexibility index (Phi) is 11.0. The van der Waals surface area contributed by atoms with E-state index in [1.165, 1.54) is 6.92 Å². The number of nitrogens with zero attached hydrogens (tertiary/aromatic N) is 1. The molecule has 0 saturated carbocycles. The van der Waals surface area contributed by atoms with Gasteiger partial charge in [0.25, 0.3) is 0 Å². The Morgan fingerprint density at radius 3 is 2.61 bits per heavy atom. The van der Waals surface area contributed by atoms with Gasteiger partial charge in [0.05, 0.1) is 19.3 Å².